The van der Waals surface area contributed by atoms with Gasteiger partial charge in [-0.05, 0) is 25.3 Å². The molecular formula is C17H17N5O5. The van der Waals surface area contributed by atoms with E-state index in [2.05, 4.69) is 9.97 Å². The van der Waals surface area contributed by atoms with E-state index < -0.39 is 9.85 Å². The summed E-state index contributed by atoms with van der Waals surface area (Å²) in [5.41, 5.74) is 1.12. The third-order valence-electron chi connectivity index (χ3n) is 5.01. The normalized spacial score (nSPS) is 16.7. The van der Waals surface area contributed by atoms with Crippen LogP contribution in [0.5, 0.6) is 0 Å². The molecule has 1 aromatic heterocycles. The molecule has 1 aliphatic carbocycles. The lowest BCUT2D eigenvalue weighted by atomic mass is 10.0. The van der Waals surface area contributed by atoms with Crippen LogP contribution in [0.3, 0.4) is 0 Å². The van der Waals surface area contributed by atoms with E-state index in [9.17, 15) is 25.0 Å². The Morgan fingerprint density at radius 3 is 2.67 bits per heavy atom. The minimum atomic E-state index is -0.649. The van der Waals surface area contributed by atoms with Crippen molar-refractivity contribution >= 4 is 11.4 Å². The number of non-ortho nitro benzene ring substituents is 1. The minimum absolute atomic E-state index is 0.0946. The smallest absolute Gasteiger partial charge is 0.280 e. The molecule has 2 aliphatic rings. The van der Waals surface area contributed by atoms with Crippen molar-refractivity contribution in [1.82, 2.24) is 14.9 Å². The molecule has 10 heteroatoms. The van der Waals surface area contributed by atoms with Crippen molar-refractivity contribution in [2.45, 2.75) is 38.3 Å². The monoisotopic (exact) mass is 371 g/mol. The number of hydrogen-bond acceptors (Lipinski definition) is 7. The molecule has 0 amide bonds. The summed E-state index contributed by atoms with van der Waals surface area (Å²) in [5, 5.41) is 22.2. The summed E-state index contributed by atoms with van der Waals surface area (Å²) in [4.78, 5) is 42.6. The van der Waals surface area contributed by atoms with E-state index in [-0.39, 0.29) is 23.5 Å². The Morgan fingerprint density at radius 2 is 2.00 bits per heavy atom. The molecule has 1 aliphatic heterocycles. The first-order valence-electron chi connectivity index (χ1n) is 8.68. The molecular weight excluding hydrogens is 354 g/mol. The highest BCUT2D eigenvalue weighted by molar-refractivity contribution is 5.49. The maximum Gasteiger partial charge on any atom is 0.280 e. The van der Waals surface area contributed by atoms with E-state index in [1.165, 1.54) is 12.1 Å². The van der Waals surface area contributed by atoms with Gasteiger partial charge in [-0.2, -0.15) is 0 Å². The van der Waals surface area contributed by atoms with Crippen molar-refractivity contribution in [3.8, 4) is 0 Å². The number of H-pyrrole nitrogens is 1. The Kier molecular flexibility index (Phi) is 4.19. The van der Waals surface area contributed by atoms with Crippen LogP contribution in [0.25, 0.3) is 0 Å². The first kappa shape index (κ1) is 17.3. The lowest BCUT2D eigenvalue weighted by Crippen LogP contribution is -2.35. The molecule has 4 rings (SSSR count). The van der Waals surface area contributed by atoms with Crippen LogP contribution in [-0.2, 0) is 19.5 Å². The molecule has 1 saturated carbocycles. The van der Waals surface area contributed by atoms with Gasteiger partial charge >= 0.3 is 0 Å². The molecule has 0 radical (unpaired) electrons. The van der Waals surface area contributed by atoms with Gasteiger partial charge in [0, 0.05) is 42.7 Å². The minimum Gasteiger partial charge on any atom is -0.310 e. The van der Waals surface area contributed by atoms with Crippen LogP contribution in [0, 0.1) is 20.2 Å². The molecule has 10 nitrogen and oxygen atoms in total. The highest BCUT2D eigenvalue weighted by Gasteiger charge is 2.29. The van der Waals surface area contributed by atoms with Gasteiger partial charge in [0.2, 0.25) is 0 Å². The van der Waals surface area contributed by atoms with E-state index in [4.69, 9.17) is 0 Å². The van der Waals surface area contributed by atoms with E-state index in [0.717, 1.165) is 30.4 Å². The summed E-state index contributed by atoms with van der Waals surface area (Å²) in [5.74, 6) is 1.05. The van der Waals surface area contributed by atoms with Crippen molar-refractivity contribution in [1.29, 1.82) is 0 Å². The van der Waals surface area contributed by atoms with Gasteiger partial charge in [-0.3, -0.25) is 29.9 Å². The van der Waals surface area contributed by atoms with E-state index >= 15 is 0 Å². The number of hydrogen-bond donors (Lipinski definition) is 1. The van der Waals surface area contributed by atoms with Crippen LogP contribution in [0.15, 0.2) is 23.0 Å². The topological polar surface area (TPSA) is 135 Å². The molecule has 140 valence electrons. The van der Waals surface area contributed by atoms with Crippen LogP contribution < -0.4 is 5.56 Å². The Balaban J connectivity index is 1.59. The number of aromatic nitrogens is 2. The fraction of sp³-hybridized carbons (Fsp3) is 0.412. The zero-order valence-electron chi connectivity index (χ0n) is 14.4. The van der Waals surface area contributed by atoms with Crippen molar-refractivity contribution in [2.75, 3.05) is 6.54 Å². The second kappa shape index (κ2) is 6.54. The molecule has 1 fully saturated rings. The maximum absolute atomic E-state index is 12.3. The van der Waals surface area contributed by atoms with Gasteiger partial charge in [0.05, 0.1) is 21.6 Å². The van der Waals surface area contributed by atoms with Crippen molar-refractivity contribution < 1.29 is 9.85 Å². The number of nitro benzene ring substituents is 2. The summed E-state index contributed by atoms with van der Waals surface area (Å²) in [6.45, 7) is 1.25. The van der Waals surface area contributed by atoms with Gasteiger partial charge in [0.1, 0.15) is 5.82 Å². The predicted octanol–water partition coefficient (Wildman–Crippen LogP) is 2.02. The highest BCUT2D eigenvalue weighted by Crippen LogP contribution is 2.38. The quantitative estimate of drug-likeness (QED) is 0.627. The summed E-state index contributed by atoms with van der Waals surface area (Å²) in [7, 11) is 0. The molecule has 1 aromatic carbocycles. The van der Waals surface area contributed by atoms with Crippen LogP contribution in [0.1, 0.15) is 41.4 Å². The number of rotatable bonds is 5. The molecule has 0 saturated heterocycles. The molecule has 27 heavy (non-hydrogen) atoms. The van der Waals surface area contributed by atoms with E-state index in [0.29, 0.717) is 36.6 Å². The second-order valence-electron chi connectivity index (χ2n) is 6.94. The first-order chi connectivity index (χ1) is 12.9. The third-order valence-corrected chi connectivity index (χ3v) is 5.01. The molecule has 0 atom stereocenters. The molecule has 2 aromatic rings. The van der Waals surface area contributed by atoms with Gasteiger partial charge in [-0.15, -0.1) is 0 Å². The fourth-order valence-corrected chi connectivity index (χ4v) is 3.41. The Bertz CT molecular complexity index is 998. The third kappa shape index (κ3) is 3.43. The predicted molar refractivity (Wildman–Crippen MR) is 94.4 cm³/mol. The van der Waals surface area contributed by atoms with Gasteiger partial charge in [-0.25, -0.2) is 4.98 Å². The molecule has 0 unspecified atom stereocenters. The van der Waals surface area contributed by atoms with Crippen LogP contribution in [0.2, 0.25) is 0 Å². The number of nitrogens with one attached hydrogen (secondary N) is 1. The number of benzene rings is 1. The van der Waals surface area contributed by atoms with Crippen LogP contribution >= 0.6 is 0 Å². The van der Waals surface area contributed by atoms with Gasteiger partial charge in [0.15, 0.2) is 0 Å². The lowest BCUT2D eigenvalue weighted by molar-refractivity contribution is -0.394. The van der Waals surface area contributed by atoms with E-state index in [1.54, 1.807) is 0 Å². The fourth-order valence-electron chi connectivity index (χ4n) is 3.41. The summed E-state index contributed by atoms with van der Waals surface area (Å²) >= 11 is 0. The van der Waals surface area contributed by atoms with Crippen molar-refractivity contribution in [3.05, 3.63) is 71.4 Å². The van der Waals surface area contributed by atoms with Crippen LogP contribution in [0.4, 0.5) is 11.4 Å². The summed E-state index contributed by atoms with van der Waals surface area (Å²) < 4.78 is 0. The number of nitro groups is 2. The number of aromatic amines is 1. The maximum atomic E-state index is 12.3. The first-order valence-corrected chi connectivity index (χ1v) is 8.68. The number of fused-ring (bicyclic) bond motifs is 1. The molecule has 2 heterocycles. The lowest BCUT2D eigenvalue weighted by Gasteiger charge is -2.27. The SMILES string of the molecule is O=c1[nH]c(C2CC2)nc2c1CCN(Cc1ccc([N+](=O)[O-])cc1[N+](=O)[O-])C2. The largest absolute Gasteiger partial charge is 0.310 e. The van der Waals surface area contributed by atoms with Gasteiger partial charge in [0.25, 0.3) is 16.9 Å². The molecule has 1 N–H and O–H groups in total. The van der Waals surface area contributed by atoms with Gasteiger partial charge in [-0.1, -0.05) is 0 Å². The zero-order chi connectivity index (χ0) is 19.1. The Hall–Kier alpha value is -3.14. The van der Waals surface area contributed by atoms with Crippen LogP contribution in [-0.4, -0.2) is 31.3 Å². The van der Waals surface area contributed by atoms with Crippen molar-refractivity contribution in [2.24, 2.45) is 0 Å². The average Bonchev–Trinajstić information content (AvgIpc) is 3.46. The Labute approximate surface area is 153 Å². The highest BCUT2D eigenvalue weighted by atomic mass is 16.6. The standard InChI is InChI=1S/C17H17N5O5/c23-17-13-5-6-20(9-14(13)18-16(19-17)10-1-2-10)8-11-3-4-12(21(24)25)7-15(11)22(26)27/h3-4,7,10H,1-2,5-6,8-9H2,(H,18,19,23). The van der Waals surface area contributed by atoms with Crippen molar-refractivity contribution in [3.63, 3.8) is 0 Å². The van der Waals surface area contributed by atoms with E-state index in [1.807, 2.05) is 4.90 Å². The number of nitrogens with zero attached hydrogens (tertiary/aromatic N) is 4. The summed E-state index contributed by atoms with van der Waals surface area (Å²) in [6.07, 6.45) is 2.57. The van der Waals surface area contributed by atoms with Gasteiger partial charge < -0.3 is 4.98 Å². The second-order valence-corrected chi connectivity index (χ2v) is 6.94. The Morgan fingerprint density at radius 1 is 1.22 bits per heavy atom. The molecule has 0 bridgehead atoms. The summed E-state index contributed by atoms with van der Waals surface area (Å²) in [6, 6.07) is 3.68. The average molecular weight is 371 g/mol. The zero-order valence-corrected chi connectivity index (χ0v) is 14.4. The molecule has 0 spiro atoms.